The quantitative estimate of drug-likeness (QED) is 0.670. The Labute approximate surface area is 83.4 Å². The third-order valence-corrected chi connectivity index (χ3v) is 2.83. The molecule has 0 radical (unpaired) electrons. The minimum Gasteiger partial charge on any atom is -0.337 e. The van der Waals surface area contributed by atoms with Crippen LogP contribution in [0, 0.1) is 13.8 Å². The molecule has 0 saturated carbocycles. The average Bonchev–Trinajstić information content (AvgIpc) is 2.53. The molecule has 68 valence electrons. The maximum absolute atomic E-state index is 2.27. The minimum absolute atomic E-state index is 1.04. The normalized spacial score (nSPS) is 15.4. The van der Waals surface area contributed by atoms with Crippen molar-refractivity contribution in [3.63, 3.8) is 0 Å². The second-order valence-corrected chi connectivity index (χ2v) is 4.26. The monoisotopic (exact) mass is 191 g/mol. The van der Waals surface area contributed by atoms with Crippen molar-refractivity contribution in [2.45, 2.75) is 13.8 Å². The van der Waals surface area contributed by atoms with Gasteiger partial charge in [-0.3, -0.25) is 0 Å². The highest BCUT2D eigenvalue weighted by atomic mass is 32.2. The van der Waals surface area contributed by atoms with Crippen molar-refractivity contribution in [2.24, 2.45) is 0 Å². The maximum Gasteiger partial charge on any atom is 0.0723 e. The Balaban J connectivity index is 2.34. The Morgan fingerprint density at radius 2 is 1.85 bits per heavy atom. The molecule has 1 aliphatic rings. The molecule has 0 unspecified atom stereocenters. The van der Waals surface area contributed by atoms with Crippen LogP contribution in [0.2, 0.25) is 0 Å². The zero-order valence-electron chi connectivity index (χ0n) is 7.95. The fourth-order valence-electron chi connectivity index (χ4n) is 1.56. The Hall–Kier alpha value is -0.890. The lowest BCUT2D eigenvalue weighted by molar-refractivity contribution is 1.17. The van der Waals surface area contributed by atoms with Crippen molar-refractivity contribution in [1.82, 2.24) is 0 Å². The number of nitrogens with zero attached hydrogens (tertiary/aromatic N) is 1. The van der Waals surface area contributed by atoms with Gasteiger partial charge in [0.05, 0.1) is 5.88 Å². The molecule has 0 N–H and O–H groups in total. The molecule has 0 fully saturated rings. The van der Waals surface area contributed by atoms with E-state index in [1.54, 1.807) is 0 Å². The van der Waals surface area contributed by atoms with Crippen LogP contribution in [-0.2, 0) is 0 Å². The Morgan fingerprint density at radius 1 is 1.15 bits per heavy atom. The van der Waals surface area contributed by atoms with Crippen LogP contribution >= 0.6 is 11.8 Å². The summed E-state index contributed by atoms with van der Waals surface area (Å²) in [5.74, 6) is 1.04. The molecular formula is C11H13NS. The van der Waals surface area contributed by atoms with Crippen LogP contribution in [0.25, 0.3) is 0 Å². The van der Waals surface area contributed by atoms with Crippen molar-refractivity contribution < 1.29 is 0 Å². The van der Waals surface area contributed by atoms with E-state index < -0.39 is 0 Å². The largest absolute Gasteiger partial charge is 0.337 e. The van der Waals surface area contributed by atoms with Gasteiger partial charge in [-0.05, 0) is 42.5 Å². The molecule has 1 heterocycles. The summed E-state index contributed by atoms with van der Waals surface area (Å²) in [6.45, 7) is 4.28. The molecule has 0 amide bonds. The first kappa shape index (κ1) is 8.70. The van der Waals surface area contributed by atoms with Gasteiger partial charge in [-0.2, -0.15) is 0 Å². The fourth-order valence-corrected chi connectivity index (χ4v) is 2.27. The number of aryl methyl sites for hydroxylation is 2. The second-order valence-electron chi connectivity index (χ2n) is 3.40. The van der Waals surface area contributed by atoms with Gasteiger partial charge in [0.25, 0.3) is 0 Å². The predicted octanol–water partition coefficient (Wildman–Crippen LogP) is 3.29. The predicted molar refractivity (Wildman–Crippen MR) is 60.0 cm³/mol. The van der Waals surface area contributed by atoms with Gasteiger partial charge in [-0.15, -0.1) is 11.8 Å². The Kier molecular flexibility index (Phi) is 2.32. The highest BCUT2D eigenvalue weighted by Crippen LogP contribution is 2.25. The molecule has 0 atom stereocenters. The molecule has 1 aliphatic heterocycles. The standard InChI is InChI=1S/C11H13NS/c1-9-5-10(2)7-11(6-9)12-3-4-13-8-12/h3-7H,8H2,1-2H3. The maximum atomic E-state index is 2.27. The Morgan fingerprint density at radius 3 is 2.38 bits per heavy atom. The summed E-state index contributed by atoms with van der Waals surface area (Å²) in [4.78, 5) is 2.27. The number of thioether (sulfide) groups is 1. The molecule has 0 aromatic heterocycles. The van der Waals surface area contributed by atoms with E-state index in [0.29, 0.717) is 0 Å². The van der Waals surface area contributed by atoms with E-state index in [1.807, 2.05) is 11.8 Å². The lowest BCUT2D eigenvalue weighted by Gasteiger charge is -2.15. The summed E-state index contributed by atoms with van der Waals surface area (Å²) in [5.41, 5.74) is 3.97. The lowest BCUT2D eigenvalue weighted by Crippen LogP contribution is -2.10. The first-order chi connectivity index (χ1) is 6.25. The van der Waals surface area contributed by atoms with E-state index in [9.17, 15) is 0 Å². The molecule has 1 aromatic carbocycles. The summed E-state index contributed by atoms with van der Waals surface area (Å²) < 4.78 is 0. The molecule has 13 heavy (non-hydrogen) atoms. The first-order valence-electron chi connectivity index (χ1n) is 4.39. The molecule has 1 nitrogen and oxygen atoms in total. The molecular weight excluding hydrogens is 178 g/mol. The van der Waals surface area contributed by atoms with Crippen molar-refractivity contribution in [2.75, 3.05) is 10.8 Å². The molecule has 0 aliphatic carbocycles. The van der Waals surface area contributed by atoms with Gasteiger partial charge in [0.1, 0.15) is 0 Å². The summed E-state index contributed by atoms with van der Waals surface area (Å²) >= 11 is 1.83. The van der Waals surface area contributed by atoms with E-state index in [2.05, 4.69) is 48.6 Å². The molecule has 0 saturated heterocycles. The van der Waals surface area contributed by atoms with E-state index in [1.165, 1.54) is 16.8 Å². The second kappa shape index (κ2) is 3.46. The van der Waals surface area contributed by atoms with Crippen LogP contribution in [0.4, 0.5) is 5.69 Å². The summed E-state index contributed by atoms with van der Waals surface area (Å²) in [7, 11) is 0. The van der Waals surface area contributed by atoms with Gasteiger partial charge < -0.3 is 4.90 Å². The van der Waals surface area contributed by atoms with Crippen molar-refractivity contribution >= 4 is 17.4 Å². The summed E-state index contributed by atoms with van der Waals surface area (Å²) in [6, 6.07) is 6.66. The van der Waals surface area contributed by atoms with E-state index in [4.69, 9.17) is 0 Å². The molecule has 0 bridgehead atoms. The van der Waals surface area contributed by atoms with E-state index >= 15 is 0 Å². The van der Waals surface area contributed by atoms with Gasteiger partial charge in [0, 0.05) is 11.9 Å². The number of anilines is 1. The van der Waals surface area contributed by atoms with Gasteiger partial charge in [-0.1, -0.05) is 6.07 Å². The zero-order chi connectivity index (χ0) is 9.26. The minimum atomic E-state index is 1.04. The highest BCUT2D eigenvalue weighted by Gasteiger charge is 2.07. The van der Waals surface area contributed by atoms with E-state index in [-0.39, 0.29) is 0 Å². The third kappa shape index (κ3) is 1.89. The smallest absolute Gasteiger partial charge is 0.0723 e. The Bertz CT molecular complexity index is 324. The topological polar surface area (TPSA) is 3.24 Å². The zero-order valence-corrected chi connectivity index (χ0v) is 8.77. The van der Waals surface area contributed by atoms with Gasteiger partial charge in [-0.25, -0.2) is 0 Å². The lowest BCUT2D eigenvalue weighted by atomic mass is 10.1. The van der Waals surface area contributed by atoms with Gasteiger partial charge in [0.2, 0.25) is 0 Å². The fraction of sp³-hybridized carbons (Fsp3) is 0.273. The summed E-state index contributed by atoms with van der Waals surface area (Å²) in [5, 5.41) is 2.14. The number of benzene rings is 1. The first-order valence-corrected chi connectivity index (χ1v) is 5.44. The molecule has 0 spiro atoms. The van der Waals surface area contributed by atoms with Gasteiger partial charge in [0.15, 0.2) is 0 Å². The van der Waals surface area contributed by atoms with Crippen molar-refractivity contribution in [3.05, 3.63) is 40.9 Å². The molecule has 1 aromatic rings. The SMILES string of the molecule is Cc1cc(C)cc(N2C=CSC2)c1. The molecule has 2 rings (SSSR count). The number of hydrogen-bond donors (Lipinski definition) is 0. The highest BCUT2D eigenvalue weighted by molar-refractivity contribution is 8.02. The van der Waals surface area contributed by atoms with Crippen LogP contribution < -0.4 is 4.90 Å². The third-order valence-electron chi connectivity index (χ3n) is 2.09. The number of rotatable bonds is 1. The van der Waals surface area contributed by atoms with Crippen LogP contribution in [0.1, 0.15) is 11.1 Å². The van der Waals surface area contributed by atoms with Crippen LogP contribution in [-0.4, -0.2) is 5.88 Å². The van der Waals surface area contributed by atoms with Gasteiger partial charge >= 0.3 is 0 Å². The van der Waals surface area contributed by atoms with Crippen LogP contribution in [0.3, 0.4) is 0 Å². The van der Waals surface area contributed by atoms with E-state index in [0.717, 1.165) is 5.88 Å². The molecule has 2 heteroatoms. The van der Waals surface area contributed by atoms with Crippen LogP contribution in [0.5, 0.6) is 0 Å². The van der Waals surface area contributed by atoms with Crippen molar-refractivity contribution in [3.8, 4) is 0 Å². The number of hydrogen-bond acceptors (Lipinski definition) is 2. The average molecular weight is 191 g/mol. The van der Waals surface area contributed by atoms with Crippen molar-refractivity contribution in [1.29, 1.82) is 0 Å². The van der Waals surface area contributed by atoms with Crippen LogP contribution in [0.15, 0.2) is 29.8 Å². The summed E-state index contributed by atoms with van der Waals surface area (Å²) in [6.07, 6.45) is 2.14.